The molecule has 1 aromatic heterocycles. The fraction of sp³-hybridized carbons (Fsp3) is 0.545. The second-order valence-corrected chi connectivity index (χ2v) is 3.87. The van der Waals surface area contributed by atoms with Crippen LogP contribution in [0, 0.1) is 6.92 Å². The van der Waals surface area contributed by atoms with Crippen molar-refractivity contribution in [2.24, 2.45) is 7.05 Å². The molecule has 2 N–H and O–H groups in total. The number of unbranched alkanes of at least 4 members (excludes halogenated alkanes) is 1. The number of aromatic nitrogens is 2. The van der Waals surface area contributed by atoms with Crippen molar-refractivity contribution < 1.29 is 14.7 Å². The summed E-state index contributed by atoms with van der Waals surface area (Å²) in [6.45, 7) is 2.31. The molecule has 0 atom stereocenters. The summed E-state index contributed by atoms with van der Waals surface area (Å²) in [5.41, 5.74) is 1.37. The lowest BCUT2D eigenvalue weighted by atomic mass is 10.2. The summed E-state index contributed by atoms with van der Waals surface area (Å²) in [5.74, 6) is -0.967. The zero-order valence-corrected chi connectivity index (χ0v) is 10.1. The molecule has 6 nitrogen and oxygen atoms in total. The first kappa shape index (κ1) is 13.2. The largest absolute Gasteiger partial charge is 0.481 e. The summed E-state index contributed by atoms with van der Waals surface area (Å²) in [4.78, 5) is 22.0. The van der Waals surface area contributed by atoms with Crippen LogP contribution in [-0.4, -0.2) is 33.3 Å². The molecule has 0 aromatic carbocycles. The van der Waals surface area contributed by atoms with Crippen LogP contribution in [0.1, 0.15) is 35.3 Å². The van der Waals surface area contributed by atoms with Gasteiger partial charge in [0.15, 0.2) is 0 Å². The maximum Gasteiger partial charge on any atom is 0.303 e. The van der Waals surface area contributed by atoms with Crippen molar-refractivity contribution in [1.82, 2.24) is 15.1 Å². The van der Waals surface area contributed by atoms with E-state index in [1.54, 1.807) is 11.7 Å². The quantitative estimate of drug-likeness (QED) is 0.716. The van der Waals surface area contributed by atoms with Gasteiger partial charge in [-0.25, -0.2) is 0 Å². The van der Waals surface area contributed by atoms with Crippen LogP contribution in [0.3, 0.4) is 0 Å². The molecule has 0 aliphatic carbocycles. The molecule has 94 valence electrons. The van der Waals surface area contributed by atoms with Gasteiger partial charge in [0.1, 0.15) is 0 Å². The van der Waals surface area contributed by atoms with E-state index in [1.807, 2.05) is 6.92 Å². The second kappa shape index (κ2) is 6.03. The van der Waals surface area contributed by atoms with Gasteiger partial charge in [-0.3, -0.25) is 14.3 Å². The highest BCUT2D eigenvalue weighted by Crippen LogP contribution is 2.05. The summed E-state index contributed by atoms with van der Waals surface area (Å²) in [6, 6.07) is 0. The number of hydrogen-bond donors (Lipinski definition) is 2. The predicted molar refractivity (Wildman–Crippen MR) is 61.8 cm³/mol. The van der Waals surface area contributed by atoms with Gasteiger partial charge in [0.25, 0.3) is 5.91 Å². The normalized spacial score (nSPS) is 10.2. The molecule has 0 unspecified atom stereocenters. The number of nitrogens with one attached hydrogen (secondary N) is 1. The topological polar surface area (TPSA) is 84.2 Å². The van der Waals surface area contributed by atoms with E-state index in [2.05, 4.69) is 10.4 Å². The van der Waals surface area contributed by atoms with Crippen molar-refractivity contribution in [1.29, 1.82) is 0 Å². The third kappa shape index (κ3) is 3.90. The Morgan fingerprint density at radius 1 is 1.47 bits per heavy atom. The van der Waals surface area contributed by atoms with Gasteiger partial charge in [-0.05, 0) is 19.8 Å². The summed E-state index contributed by atoms with van der Waals surface area (Å²) in [5, 5.41) is 15.2. The van der Waals surface area contributed by atoms with Crippen molar-refractivity contribution >= 4 is 11.9 Å². The van der Waals surface area contributed by atoms with Crippen molar-refractivity contribution in [2.45, 2.75) is 26.2 Å². The Bertz CT molecular complexity index is 412. The number of nitrogens with zero attached hydrogens (tertiary/aromatic N) is 2. The summed E-state index contributed by atoms with van der Waals surface area (Å²) < 4.78 is 1.64. The first-order chi connectivity index (χ1) is 8.02. The molecule has 0 aliphatic heterocycles. The minimum atomic E-state index is -0.806. The summed E-state index contributed by atoms with van der Waals surface area (Å²) in [7, 11) is 1.78. The number of carboxylic acids is 1. The minimum Gasteiger partial charge on any atom is -0.481 e. The number of carbonyl (C=O) groups excluding carboxylic acids is 1. The molecule has 17 heavy (non-hydrogen) atoms. The van der Waals surface area contributed by atoms with Crippen LogP contribution in [0.5, 0.6) is 0 Å². The Morgan fingerprint density at radius 2 is 2.18 bits per heavy atom. The summed E-state index contributed by atoms with van der Waals surface area (Å²) >= 11 is 0. The lowest BCUT2D eigenvalue weighted by Crippen LogP contribution is -2.25. The number of hydrogen-bond acceptors (Lipinski definition) is 3. The fourth-order valence-corrected chi connectivity index (χ4v) is 1.42. The lowest BCUT2D eigenvalue weighted by Gasteiger charge is -2.03. The van der Waals surface area contributed by atoms with Gasteiger partial charge in [0.05, 0.1) is 11.8 Å². The fourth-order valence-electron chi connectivity index (χ4n) is 1.42. The number of carboxylic acid groups (broad SMARTS) is 1. The molecule has 1 heterocycles. The van der Waals surface area contributed by atoms with Gasteiger partial charge in [0, 0.05) is 25.7 Å². The number of aliphatic carboxylic acids is 1. The van der Waals surface area contributed by atoms with Crippen molar-refractivity contribution in [3.63, 3.8) is 0 Å². The molecule has 1 aromatic rings. The minimum absolute atomic E-state index is 0.141. The van der Waals surface area contributed by atoms with E-state index in [-0.39, 0.29) is 12.3 Å². The van der Waals surface area contributed by atoms with Crippen molar-refractivity contribution in [3.8, 4) is 0 Å². The van der Waals surface area contributed by atoms with E-state index in [9.17, 15) is 9.59 Å². The van der Waals surface area contributed by atoms with E-state index in [0.717, 1.165) is 5.69 Å². The molecule has 1 amide bonds. The molecule has 1 rings (SSSR count). The van der Waals surface area contributed by atoms with E-state index in [0.29, 0.717) is 24.9 Å². The lowest BCUT2D eigenvalue weighted by molar-refractivity contribution is -0.137. The van der Waals surface area contributed by atoms with Crippen LogP contribution in [0.15, 0.2) is 6.20 Å². The van der Waals surface area contributed by atoms with Crippen LogP contribution in [-0.2, 0) is 11.8 Å². The first-order valence-corrected chi connectivity index (χ1v) is 5.51. The van der Waals surface area contributed by atoms with Gasteiger partial charge >= 0.3 is 5.97 Å². The molecule has 6 heteroatoms. The highest BCUT2D eigenvalue weighted by molar-refractivity contribution is 5.94. The van der Waals surface area contributed by atoms with Crippen LogP contribution in [0.2, 0.25) is 0 Å². The Balaban J connectivity index is 2.31. The maximum absolute atomic E-state index is 11.7. The molecule has 0 spiro atoms. The number of rotatable bonds is 6. The molecular formula is C11H17N3O3. The maximum atomic E-state index is 11.7. The summed E-state index contributed by atoms with van der Waals surface area (Å²) in [6.07, 6.45) is 2.91. The third-order valence-electron chi connectivity index (χ3n) is 2.58. The molecule has 0 radical (unpaired) electrons. The Hall–Kier alpha value is -1.85. The van der Waals surface area contributed by atoms with Gasteiger partial charge in [-0.2, -0.15) is 5.10 Å². The van der Waals surface area contributed by atoms with Gasteiger partial charge in [-0.15, -0.1) is 0 Å². The number of aryl methyl sites for hydroxylation is 1. The number of carbonyl (C=O) groups is 2. The van der Waals surface area contributed by atoms with E-state index >= 15 is 0 Å². The van der Waals surface area contributed by atoms with E-state index in [4.69, 9.17) is 5.11 Å². The second-order valence-electron chi connectivity index (χ2n) is 3.87. The van der Waals surface area contributed by atoms with Crippen LogP contribution in [0.25, 0.3) is 0 Å². The Kier molecular flexibility index (Phi) is 4.68. The van der Waals surface area contributed by atoms with Crippen molar-refractivity contribution in [3.05, 3.63) is 17.5 Å². The smallest absolute Gasteiger partial charge is 0.303 e. The zero-order chi connectivity index (χ0) is 12.8. The van der Waals surface area contributed by atoms with Gasteiger partial charge < -0.3 is 10.4 Å². The molecule has 0 bridgehead atoms. The predicted octanol–water partition coefficient (Wildman–Crippen LogP) is 0.713. The molecule has 0 fully saturated rings. The van der Waals surface area contributed by atoms with Gasteiger partial charge in [-0.1, -0.05) is 0 Å². The first-order valence-electron chi connectivity index (χ1n) is 5.51. The molecular weight excluding hydrogens is 222 g/mol. The highest BCUT2D eigenvalue weighted by Gasteiger charge is 2.11. The molecule has 0 aliphatic rings. The van der Waals surface area contributed by atoms with Crippen LogP contribution in [0.4, 0.5) is 0 Å². The Labute approximate surface area is 99.6 Å². The van der Waals surface area contributed by atoms with E-state index in [1.165, 1.54) is 6.20 Å². The SMILES string of the molecule is Cc1c(C(=O)NCCCCC(=O)O)cnn1C. The van der Waals surface area contributed by atoms with Crippen LogP contribution >= 0.6 is 0 Å². The average molecular weight is 239 g/mol. The van der Waals surface area contributed by atoms with Gasteiger partial charge in [0.2, 0.25) is 0 Å². The average Bonchev–Trinajstić information content (AvgIpc) is 2.59. The zero-order valence-electron chi connectivity index (χ0n) is 10.1. The van der Waals surface area contributed by atoms with Crippen molar-refractivity contribution in [2.75, 3.05) is 6.54 Å². The Morgan fingerprint density at radius 3 is 2.71 bits per heavy atom. The number of amides is 1. The molecule has 0 saturated carbocycles. The van der Waals surface area contributed by atoms with Crippen LogP contribution < -0.4 is 5.32 Å². The third-order valence-corrected chi connectivity index (χ3v) is 2.58. The monoisotopic (exact) mass is 239 g/mol. The molecule has 0 saturated heterocycles. The highest BCUT2D eigenvalue weighted by atomic mass is 16.4. The standard InChI is InChI=1S/C11H17N3O3/c1-8-9(7-13-14(8)2)11(17)12-6-4-3-5-10(15)16/h7H,3-6H2,1-2H3,(H,12,17)(H,15,16). The van der Waals surface area contributed by atoms with E-state index < -0.39 is 5.97 Å².